The molecule has 98 valence electrons. The van der Waals surface area contributed by atoms with Crippen molar-refractivity contribution in [2.45, 2.75) is 6.42 Å². The molecule has 0 saturated carbocycles. The van der Waals surface area contributed by atoms with E-state index in [1.807, 2.05) is 0 Å². The zero-order valence-corrected chi connectivity index (χ0v) is 10.3. The number of imide groups is 1. The largest absolute Gasteiger partial charge is 0.378 e. The molecule has 0 aromatic heterocycles. The number of rotatable bonds is 6. The lowest BCUT2D eigenvalue weighted by Gasteiger charge is -2.13. The summed E-state index contributed by atoms with van der Waals surface area (Å²) in [6.07, 6.45) is 5.59. The van der Waals surface area contributed by atoms with Crippen molar-refractivity contribution in [3.63, 3.8) is 0 Å². The lowest BCUT2D eigenvalue weighted by atomic mass is 10.1. The van der Waals surface area contributed by atoms with E-state index in [9.17, 15) is 9.59 Å². The third kappa shape index (κ3) is 2.81. The van der Waals surface area contributed by atoms with E-state index < -0.39 is 11.8 Å². The summed E-state index contributed by atoms with van der Waals surface area (Å²) in [6.45, 7) is 0.826. The average Bonchev–Trinajstić information content (AvgIpc) is 2.68. The first-order valence-corrected chi connectivity index (χ1v) is 5.87. The van der Waals surface area contributed by atoms with E-state index in [0.29, 0.717) is 24.2 Å². The minimum Gasteiger partial charge on any atom is -0.378 e. The van der Waals surface area contributed by atoms with E-state index in [4.69, 9.17) is 16.0 Å². The van der Waals surface area contributed by atoms with E-state index in [1.165, 1.54) is 0 Å². The van der Waals surface area contributed by atoms with E-state index in [2.05, 4.69) is 5.92 Å². The van der Waals surface area contributed by atoms with Crippen LogP contribution in [0.1, 0.15) is 27.1 Å². The Hall–Kier alpha value is -2.16. The molecule has 0 atom stereocenters. The molecule has 1 aliphatic rings. The first-order chi connectivity index (χ1) is 9.25. The van der Waals surface area contributed by atoms with Crippen molar-refractivity contribution in [1.82, 2.24) is 5.06 Å². The maximum atomic E-state index is 11.9. The summed E-state index contributed by atoms with van der Waals surface area (Å²) in [5.74, 6) is 1.56. The fourth-order valence-electron chi connectivity index (χ4n) is 1.71. The van der Waals surface area contributed by atoms with Crippen LogP contribution < -0.4 is 0 Å². The van der Waals surface area contributed by atoms with Crippen LogP contribution in [0.5, 0.6) is 0 Å². The molecule has 0 unspecified atom stereocenters. The Morgan fingerprint density at radius 1 is 1.05 bits per heavy atom. The molecular weight excluding hydrogens is 246 g/mol. The van der Waals surface area contributed by atoms with Gasteiger partial charge in [0, 0.05) is 6.42 Å². The molecule has 0 bridgehead atoms. The number of amides is 2. The van der Waals surface area contributed by atoms with Crippen molar-refractivity contribution in [3.8, 4) is 12.3 Å². The monoisotopic (exact) mass is 259 g/mol. The second kappa shape index (κ2) is 6.14. The molecule has 0 aliphatic carbocycles. The summed E-state index contributed by atoms with van der Waals surface area (Å²) >= 11 is 0. The molecule has 2 amide bonds. The minimum absolute atomic E-state index is 0.121. The van der Waals surface area contributed by atoms with Gasteiger partial charge in [0.05, 0.1) is 30.9 Å². The molecule has 0 saturated heterocycles. The molecule has 0 N–H and O–H groups in total. The summed E-state index contributed by atoms with van der Waals surface area (Å²) in [5.41, 5.74) is 0.724. The number of hydrogen-bond donors (Lipinski definition) is 0. The molecule has 1 aromatic rings. The van der Waals surface area contributed by atoms with Crippen LogP contribution in [-0.2, 0) is 9.57 Å². The van der Waals surface area contributed by atoms with Crippen molar-refractivity contribution in [2.24, 2.45) is 0 Å². The molecular formula is C14H13NO4. The van der Waals surface area contributed by atoms with Gasteiger partial charge in [-0.2, -0.15) is 0 Å². The number of carbonyl (C=O) groups excluding carboxylic acids is 2. The van der Waals surface area contributed by atoms with Gasteiger partial charge in [-0.15, -0.1) is 17.4 Å². The molecule has 0 fully saturated rings. The zero-order valence-electron chi connectivity index (χ0n) is 10.3. The summed E-state index contributed by atoms with van der Waals surface area (Å²) in [4.78, 5) is 28.9. The SMILES string of the molecule is C#CCCOCCON1C(=O)c2ccccc2C1=O. The first kappa shape index (κ1) is 13.3. The van der Waals surface area contributed by atoms with Gasteiger partial charge in [-0.05, 0) is 12.1 Å². The topological polar surface area (TPSA) is 55.8 Å². The predicted octanol–water partition coefficient (Wildman–Crippen LogP) is 1.25. The Bertz CT molecular complexity index is 497. The highest BCUT2D eigenvalue weighted by molar-refractivity contribution is 6.20. The number of terminal acetylenes is 1. The van der Waals surface area contributed by atoms with Gasteiger partial charge < -0.3 is 4.74 Å². The first-order valence-electron chi connectivity index (χ1n) is 5.87. The van der Waals surface area contributed by atoms with Crippen LogP contribution in [0.2, 0.25) is 0 Å². The lowest BCUT2D eigenvalue weighted by Crippen LogP contribution is -2.31. The minimum atomic E-state index is -0.441. The molecule has 1 aliphatic heterocycles. The van der Waals surface area contributed by atoms with E-state index >= 15 is 0 Å². The van der Waals surface area contributed by atoms with Crippen molar-refractivity contribution in [2.75, 3.05) is 19.8 Å². The zero-order chi connectivity index (χ0) is 13.7. The quantitative estimate of drug-likeness (QED) is 0.438. The molecule has 5 nitrogen and oxygen atoms in total. The molecule has 1 aromatic carbocycles. The fraction of sp³-hybridized carbons (Fsp3) is 0.286. The van der Waals surface area contributed by atoms with Crippen LogP contribution in [0.15, 0.2) is 24.3 Å². The third-order valence-corrected chi connectivity index (χ3v) is 2.60. The van der Waals surface area contributed by atoms with Gasteiger partial charge in [0.2, 0.25) is 0 Å². The molecule has 0 spiro atoms. The van der Waals surface area contributed by atoms with Crippen molar-refractivity contribution in [3.05, 3.63) is 35.4 Å². The normalized spacial score (nSPS) is 13.5. The maximum absolute atomic E-state index is 11.9. The van der Waals surface area contributed by atoms with Crippen LogP contribution in [-0.4, -0.2) is 36.7 Å². The highest BCUT2D eigenvalue weighted by Gasteiger charge is 2.36. The molecule has 0 radical (unpaired) electrons. The summed E-state index contributed by atoms with van der Waals surface area (Å²) in [6, 6.07) is 6.61. The van der Waals surface area contributed by atoms with Crippen LogP contribution in [0.3, 0.4) is 0 Å². The summed E-state index contributed by atoms with van der Waals surface area (Å²) in [7, 11) is 0. The molecule has 5 heteroatoms. The molecule has 2 rings (SSSR count). The Kier molecular flexibility index (Phi) is 4.29. The van der Waals surface area contributed by atoms with Crippen molar-refractivity contribution < 1.29 is 19.2 Å². The second-order valence-electron chi connectivity index (χ2n) is 3.85. The highest BCUT2D eigenvalue weighted by atomic mass is 16.7. The van der Waals surface area contributed by atoms with E-state index in [0.717, 1.165) is 5.06 Å². The van der Waals surface area contributed by atoms with Gasteiger partial charge in [0.15, 0.2) is 0 Å². The Morgan fingerprint density at radius 2 is 1.68 bits per heavy atom. The number of nitrogens with zero attached hydrogens (tertiary/aromatic N) is 1. The predicted molar refractivity (Wildman–Crippen MR) is 67.2 cm³/mol. The second-order valence-corrected chi connectivity index (χ2v) is 3.85. The van der Waals surface area contributed by atoms with Crippen LogP contribution >= 0.6 is 0 Å². The van der Waals surface area contributed by atoms with Gasteiger partial charge in [-0.1, -0.05) is 12.1 Å². The maximum Gasteiger partial charge on any atom is 0.285 e. The van der Waals surface area contributed by atoms with Crippen molar-refractivity contribution >= 4 is 11.8 Å². The molecule has 19 heavy (non-hydrogen) atoms. The molecule has 1 heterocycles. The van der Waals surface area contributed by atoms with Gasteiger partial charge in [-0.3, -0.25) is 14.4 Å². The van der Waals surface area contributed by atoms with Gasteiger partial charge >= 0.3 is 0 Å². The van der Waals surface area contributed by atoms with Crippen LogP contribution in [0.25, 0.3) is 0 Å². The third-order valence-electron chi connectivity index (χ3n) is 2.60. The average molecular weight is 259 g/mol. The van der Waals surface area contributed by atoms with Crippen LogP contribution in [0.4, 0.5) is 0 Å². The fourth-order valence-corrected chi connectivity index (χ4v) is 1.71. The number of hydroxylamine groups is 2. The Balaban J connectivity index is 1.85. The van der Waals surface area contributed by atoms with Crippen molar-refractivity contribution in [1.29, 1.82) is 0 Å². The lowest BCUT2D eigenvalue weighted by molar-refractivity contribution is -0.105. The summed E-state index contributed by atoms with van der Waals surface area (Å²) < 4.78 is 5.16. The van der Waals surface area contributed by atoms with Gasteiger partial charge in [-0.25, -0.2) is 0 Å². The smallest absolute Gasteiger partial charge is 0.285 e. The summed E-state index contributed by atoms with van der Waals surface area (Å²) in [5, 5.41) is 0.773. The highest BCUT2D eigenvalue weighted by Crippen LogP contribution is 2.22. The number of benzene rings is 1. The number of fused-ring (bicyclic) bond motifs is 1. The van der Waals surface area contributed by atoms with E-state index in [-0.39, 0.29) is 13.2 Å². The van der Waals surface area contributed by atoms with Gasteiger partial charge in [0.1, 0.15) is 0 Å². The Morgan fingerprint density at radius 3 is 2.26 bits per heavy atom. The van der Waals surface area contributed by atoms with E-state index in [1.54, 1.807) is 24.3 Å². The van der Waals surface area contributed by atoms with Crippen LogP contribution in [0, 0.1) is 12.3 Å². The van der Waals surface area contributed by atoms with Gasteiger partial charge in [0.25, 0.3) is 11.8 Å². The standard InChI is InChI=1S/C14H13NO4/c1-2-3-8-18-9-10-19-15-13(16)11-6-4-5-7-12(11)14(15)17/h1,4-7H,3,8-10H2. The number of carbonyl (C=O) groups is 2. The number of ether oxygens (including phenoxy) is 1. The Labute approximate surface area is 111 Å². The number of hydrogen-bond acceptors (Lipinski definition) is 4.